The first-order valence-electron chi connectivity index (χ1n) is 9.08. The van der Waals surface area contributed by atoms with E-state index < -0.39 is 23.8 Å². The van der Waals surface area contributed by atoms with Crippen molar-refractivity contribution >= 4 is 27.7 Å². The number of rotatable bonds is 5. The van der Waals surface area contributed by atoms with Gasteiger partial charge >= 0.3 is 12.1 Å². The molecule has 5 nitrogen and oxygen atoms in total. The van der Waals surface area contributed by atoms with Crippen LogP contribution in [0.4, 0.5) is 19.0 Å². The van der Waals surface area contributed by atoms with Crippen molar-refractivity contribution in [3.63, 3.8) is 0 Å². The minimum atomic E-state index is -4.54. The number of pyridine rings is 1. The number of alkyl halides is 3. The molecule has 1 atom stereocenters. The molecule has 2 aromatic carbocycles. The van der Waals surface area contributed by atoms with Crippen LogP contribution in [0.3, 0.4) is 0 Å². The van der Waals surface area contributed by atoms with Crippen LogP contribution in [0.1, 0.15) is 34.5 Å². The molecule has 0 aliphatic heterocycles. The summed E-state index contributed by atoms with van der Waals surface area (Å²) in [5, 5.41) is 0. The summed E-state index contributed by atoms with van der Waals surface area (Å²) >= 11 is 3.33. The smallest absolute Gasteiger partial charge is 0.416 e. The molecule has 0 aliphatic rings. The van der Waals surface area contributed by atoms with Crippen molar-refractivity contribution in [2.75, 3.05) is 12.8 Å². The highest BCUT2D eigenvalue weighted by Crippen LogP contribution is 2.38. The molecule has 1 unspecified atom stereocenters. The Hall–Kier alpha value is -3.07. The Labute approximate surface area is 185 Å². The number of carbonyl (C=O) groups excluding carboxylic acids is 1. The van der Waals surface area contributed by atoms with Gasteiger partial charge in [-0.25, -0.2) is 9.78 Å². The largest absolute Gasteiger partial charge is 0.485 e. The highest BCUT2D eigenvalue weighted by molar-refractivity contribution is 9.10. The van der Waals surface area contributed by atoms with Gasteiger partial charge in [0.2, 0.25) is 0 Å². The van der Waals surface area contributed by atoms with Crippen molar-refractivity contribution in [3.8, 4) is 16.9 Å². The van der Waals surface area contributed by atoms with Crippen LogP contribution in [0.25, 0.3) is 11.1 Å². The van der Waals surface area contributed by atoms with E-state index in [2.05, 4.69) is 20.9 Å². The molecule has 9 heteroatoms. The zero-order valence-electron chi connectivity index (χ0n) is 16.5. The lowest BCUT2D eigenvalue weighted by molar-refractivity contribution is -0.139. The fraction of sp³-hybridized carbons (Fsp3) is 0.182. The summed E-state index contributed by atoms with van der Waals surface area (Å²) in [6, 6.07) is 11.5. The highest BCUT2D eigenvalue weighted by atomic mass is 79.9. The van der Waals surface area contributed by atoms with Gasteiger partial charge in [-0.05, 0) is 52.7 Å². The van der Waals surface area contributed by atoms with Crippen LogP contribution in [0.5, 0.6) is 5.75 Å². The number of aromatic nitrogens is 1. The molecule has 0 bridgehead atoms. The van der Waals surface area contributed by atoms with E-state index in [-0.39, 0.29) is 22.7 Å². The van der Waals surface area contributed by atoms with E-state index >= 15 is 0 Å². The van der Waals surface area contributed by atoms with Crippen LogP contribution in [0, 0.1) is 0 Å². The molecule has 0 amide bonds. The Morgan fingerprint density at radius 2 is 1.87 bits per heavy atom. The second-order valence-electron chi connectivity index (χ2n) is 6.63. The summed E-state index contributed by atoms with van der Waals surface area (Å²) in [6.45, 7) is 1.48. The number of anilines is 1. The Balaban J connectivity index is 2.07. The van der Waals surface area contributed by atoms with E-state index in [1.807, 2.05) is 0 Å². The lowest BCUT2D eigenvalue weighted by Crippen LogP contribution is -2.15. The average molecular weight is 495 g/mol. The molecule has 1 aromatic heterocycles. The second kappa shape index (κ2) is 8.97. The van der Waals surface area contributed by atoms with Gasteiger partial charge in [-0.2, -0.15) is 13.2 Å². The Kier molecular flexibility index (Phi) is 6.54. The molecule has 0 fully saturated rings. The van der Waals surface area contributed by atoms with Crippen LogP contribution >= 0.6 is 15.9 Å². The summed E-state index contributed by atoms with van der Waals surface area (Å²) in [5.74, 6) is -0.373. The second-order valence-corrected chi connectivity index (χ2v) is 7.55. The van der Waals surface area contributed by atoms with Gasteiger partial charge in [0.15, 0.2) is 0 Å². The SMILES string of the molecule is COC(=O)c1ccc(-c2cc(Br)cnc2N)cc1OC(C)c1ccccc1C(F)(F)F. The van der Waals surface area contributed by atoms with Crippen molar-refractivity contribution < 1.29 is 27.4 Å². The average Bonchev–Trinajstić information content (AvgIpc) is 2.74. The normalized spacial score (nSPS) is 12.3. The van der Waals surface area contributed by atoms with E-state index in [9.17, 15) is 18.0 Å². The monoisotopic (exact) mass is 494 g/mol. The molecule has 0 aliphatic carbocycles. The van der Waals surface area contributed by atoms with Gasteiger partial charge in [0.25, 0.3) is 0 Å². The van der Waals surface area contributed by atoms with Crippen LogP contribution in [-0.2, 0) is 10.9 Å². The van der Waals surface area contributed by atoms with Crippen LogP contribution < -0.4 is 10.5 Å². The maximum atomic E-state index is 13.4. The first-order chi connectivity index (χ1) is 14.6. The van der Waals surface area contributed by atoms with Gasteiger partial charge in [0.05, 0.1) is 12.7 Å². The van der Waals surface area contributed by atoms with Crippen LogP contribution in [-0.4, -0.2) is 18.1 Å². The summed E-state index contributed by atoms with van der Waals surface area (Å²) in [7, 11) is 1.21. The molecule has 162 valence electrons. The molecule has 0 radical (unpaired) electrons. The van der Waals surface area contributed by atoms with Gasteiger partial charge in [0, 0.05) is 21.8 Å². The summed E-state index contributed by atoms with van der Waals surface area (Å²) < 4.78 is 51.6. The zero-order valence-corrected chi connectivity index (χ0v) is 18.1. The van der Waals surface area contributed by atoms with E-state index in [1.54, 1.807) is 12.1 Å². The lowest BCUT2D eigenvalue weighted by Gasteiger charge is -2.21. The van der Waals surface area contributed by atoms with Gasteiger partial charge in [-0.1, -0.05) is 24.3 Å². The molecule has 0 spiro atoms. The van der Waals surface area contributed by atoms with E-state index in [0.29, 0.717) is 15.6 Å². The lowest BCUT2D eigenvalue weighted by atomic mass is 10.0. The van der Waals surface area contributed by atoms with Crippen molar-refractivity contribution in [3.05, 3.63) is 75.9 Å². The fourth-order valence-electron chi connectivity index (χ4n) is 3.11. The number of ether oxygens (including phenoxy) is 2. The number of hydrogen-bond donors (Lipinski definition) is 1. The highest BCUT2D eigenvalue weighted by Gasteiger charge is 2.34. The molecule has 31 heavy (non-hydrogen) atoms. The molecule has 2 N–H and O–H groups in total. The Morgan fingerprint density at radius 3 is 2.55 bits per heavy atom. The molecule has 0 saturated carbocycles. The first kappa shape index (κ1) is 22.6. The molecule has 3 aromatic rings. The third-order valence-corrected chi connectivity index (χ3v) is 5.02. The molecular weight excluding hydrogens is 477 g/mol. The molecule has 0 saturated heterocycles. The number of benzene rings is 2. The van der Waals surface area contributed by atoms with Crippen molar-refractivity contribution in [1.29, 1.82) is 0 Å². The molecule has 3 rings (SSSR count). The topological polar surface area (TPSA) is 74.4 Å². The zero-order chi connectivity index (χ0) is 22.8. The van der Waals surface area contributed by atoms with E-state index in [0.717, 1.165) is 6.07 Å². The van der Waals surface area contributed by atoms with E-state index in [1.165, 1.54) is 50.6 Å². The third-order valence-electron chi connectivity index (χ3n) is 4.59. The maximum absolute atomic E-state index is 13.4. The summed E-state index contributed by atoms with van der Waals surface area (Å²) in [6.07, 6.45) is -4.01. The van der Waals surface area contributed by atoms with E-state index in [4.69, 9.17) is 15.2 Å². The number of nitrogens with zero attached hydrogens (tertiary/aromatic N) is 1. The number of esters is 1. The number of methoxy groups -OCH3 is 1. The van der Waals surface area contributed by atoms with Crippen molar-refractivity contribution in [2.45, 2.75) is 19.2 Å². The standard InChI is InChI=1S/C22H18BrF3N2O3/c1-12(15-5-3-4-6-18(15)22(24,25)26)31-19-9-13(7-8-16(19)21(29)30-2)17-10-14(23)11-28-20(17)27/h3-12H,1-2H3,(H2,27,28). The predicted octanol–water partition coefficient (Wildman–Crippen LogP) is 6.04. The first-order valence-corrected chi connectivity index (χ1v) is 9.87. The quantitative estimate of drug-likeness (QED) is 0.437. The third kappa shape index (κ3) is 4.99. The summed E-state index contributed by atoms with van der Waals surface area (Å²) in [4.78, 5) is 16.3. The number of halogens is 4. The fourth-order valence-corrected chi connectivity index (χ4v) is 3.44. The minimum Gasteiger partial charge on any atom is -0.485 e. The number of nitrogen functional groups attached to an aromatic ring is 1. The minimum absolute atomic E-state index is 0.0557. The Bertz CT molecular complexity index is 1120. The van der Waals surface area contributed by atoms with Gasteiger partial charge < -0.3 is 15.2 Å². The Morgan fingerprint density at radius 1 is 1.16 bits per heavy atom. The van der Waals surface area contributed by atoms with Gasteiger partial charge in [-0.3, -0.25) is 0 Å². The molecular formula is C22H18BrF3N2O3. The maximum Gasteiger partial charge on any atom is 0.416 e. The van der Waals surface area contributed by atoms with Crippen molar-refractivity contribution in [2.24, 2.45) is 0 Å². The van der Waals surface area contributed by atoms with Gasteiger partial charge in [0.1, 0.15) is 23.2 Å². The predicted molar refractivity (Wildman–Crippen MR) is 114 cm³/mol. The van der Waals surface area contributed by atoms with Gasteiger partial charge in [-0.15, -0.1) is 0 Å². The van der Waals surface area contributed by atoms with Crippen molar-refractivity contribution in [1.82, 2.24) is 4.98 Å². The number of nitrogens with two attached hydrogens (primary N) is 1. The van der Waals surface area contributed by atoms with Crippen LogP contribution in [0.2, 0.25) is 0 Å². The molecule has 1 heterocycles. The van der Waals surface area contributed by atoms with Crippen LogP contribution in [0.15, 0.2) is 59.2 Å². The number of hydrogen-bond acceptors (Lipinski definition) is 5. The number of carbonyl (C=O) groups is 1. The summed E-state index contributed by atoms with van der Waals surface area (Å²) in [5.41, 5.74) is 6.32.